The van der Waals surface area contributed by atoms with Gasteiger partial charge in [-0.2, -0.15) is 0 Å². The van der Waals surface area contributed by atoms with Crippen LogP contribution in [0.4, 0.5) is 0 Å². The summed E-state index contributed by atoms with van der Waals surface area (Å²) < 4.78 is 24.6. The van der Waals surface area contributed by atoms with E-state index < -0.39 is 15.8 Å². The molecule has 0 unspecified atom stereocenters. The summed E-state index contributed by atoms with van der Waals surface area (Å²) in [5.74, 6) is -1.26. The highest BCUT2D eigenvalue weighted by atomic mass is 32.2. The summed E-state index contributed by atoms with van der Waals surface area (Å²) in [5.41, 5.74) is 1.12. The normalized spacial score (nSPS) is 11.2. The molecule has 0 aliphatic heterocycles. The Labute approximate surface area is 117 Å². The van der Waals surface area contributed by atoms with Gasteiger partial charge in [0.15, 0.2) is 9.84 Å². The SMILES string of the molecule is Cc1c(CS(=O)(=O)c2ccccc2)cccc1C(=O)O. The summed E-state index contributed by atoms with van der Waals surface area (Å²) in [6, 6.07) is 12.8. The fourth-order valence-electron chi connectivity index (χ4n) is 1.99. The number of rotatable bonds is 4. The maximum atomic E-state index is 12.3. The molecule has 4 nitrogen and oxygen atoms in total. The van der Waals surface area contributed by atoms with Crippen molar-refractivity contribution in [1.82, 2.24) is 0 Å². The van der Waals surface area contributed by atoms with Crippen molar-refractivity contribution in [3.8, 4) is 0 Å². The van der Waals surface area contributed by atoms with Crippen LogP contribution in [0.1, 0.15) is 21.5 Å². The molecule has 0 bridgehead atoms. The predicted octanol–water partition coefficient (Wildman–Crippen LogP) is 2.67. The van der Waals surface area contributed by atoms with Crippen LogP contribution in [-0.2, 0) is 15.6 Å². The summed E-state index contributed by atoms with van der Waals surface area (Å²) >= 11 is 0. The van der Waals surface area contributed by atoms with Crippen LogP contribution in [0.2, 0.25) is 0 Å². The van der Waals surface area contributed by atoms with Crippen LogP contribution in [0.5, 0.6) is 0 Å². The Morgan fingerprint density at radius 2 is 1.70 bits per heavy atom. The Morgan fingerprint density at radius 3 is 2.30 bits per heavy atom. The van der Waals surface area contributed by atoms with E-state index in [-0.39, 0.29) is 16.2 Å². The minimum atomic E-state index is -3.47. The summed E-state index contributed by atoms with van der Waals surface area (Å²) in [7, 11) is -3.47. The summed E-state index contributed by atoms with van der Waals surface area (Å²) in [6.07, 6.45) is 0. The third-order valence-corrected chi connectivity index (χ3v) is 4.81. The molecule has 5 heteroatoms. The van der Waals surface area contributed by atoms with Gasteiger partial charge in [-0.05, 0) is 36.2 Å². The van der Waals surface area contributed by atoms with Crippen LogP contribution in [0.25, 0.3) is 0 Å². The van der Waals surface area contributed by atoms with E-state index >= 15 is 0 Å². The van der Waals surface area contributed by atoms with Gasteiger partial charge in [-0.15, -0.1) is 0 Å². The molecule has 20 heavy (non-hydrogen) atoms. The fraction of sp³-hybridized carbons (Fsp3) is 0.133. The first-order valence-corrected chi connectivity index (χ1v) is 7.66. The van der Waals surface area contributed by atoms with Gasteiger partial charge in [-0.3, -0.25) is 0 Å². The summed E-state index contributed by atoms with van der Waals surface area (Å²) in [6.45, 7) is 1.62. The van der Waals surface area contributed by atoms with E-state index in [1.54, 1.807) is 37.3 Å². The molecule has 0 amide bonds. The van der Waals surface area contributed by atoms with Gasteiger partial charge < -0.3 is 5.11 Å². The highest BCUT2D eigenvalue weighted by Crippen LogP contribution is 2.20. The van der Waals surface area contributed by atoms with Gasteiger partial charge in [-0.1, -0.05) is 30.3 Å². The molecule has 0 aliphatic rings. The molecule has 0 spiro atoms. The molecule has 0 saturated heterocycles. The Morgan fingerprint density at radius 1 is 1.05 bits per heavy atom. The Kier molecular flexibility index (Phi) is 3.90. The Hall–Kier alpha value is -2.14. The molecule has 0 radical (unpaired) electrons. The standard InChI is InChI=1S/C15H14O4S/c1-11-12(6-5-9-14(11)15(16)17)10-20(18,19)13-7-3-2-4-8-13/h2-9H,10H2,1H3,(H,16,17). The van der Waals surface area contributed by atoms with E-state index in [9.17, 15) is 13.2 Å². The van der Waals surface area contributed by atoms with Gasteiger partial charge in [0, 0.05) is 0 Å². The minimum Gasteiger partial charge on any atom is -0.478 e. The molecule has 0 fully saturated rings. The van der Waals surface area contributed by atoms with Crippen molar-refractivity contribution in [1.29, 1.82) is 0 Å². The third kappa shape index (κ3) is 2.88. The van der Waals surface area contributed by atoms with E-state index in [0.29, 0.717) is 11.1 Å². The zero-order valence-corrected chi connectivity index (χ0v) is 11.7. The second-order valence-electron chi connectivity index (χ2n) is 4.47. The zero-order chi connectivity index (χ0) is 14.8. The van der Waals surface area contributed by atoms with Gasteiger partial charge in [-0.25, -0.2) is 13.2 Å². The van der Waals surface area contributed by atoms with Crippen molar-refractivity contribution >= 4 is 15.8 Å². The second-order valence-corrected chi connectivity index (χ2v) is 6.46. The van der Waals surface area contributed by atoms with Crippen molar-refractivity contribution in [3.05, 3.63) is 65.2 Å². The molecule has 0 aliphatic carbocycles. The molecule has 0 saturated carbocycles. The van der Waals surface area contributed by atoms with Gasteiger partial charge in [0.25, 0.3) is 0 Å². The van der Waals surface area contributed by atoms with E-state index in [0.717, 1.165) is 0 Å². The number of hydrogen-bond donors (Lipinski definition) is 1. The van der Waals surface area contributed by atoms with Gasteiger partial charge in [0.05, 0.1) is 16.2 Å². The number of carbonyl (C=O) groups is 1. The first kappa shape index (κ1) is 14.3. The molecule has 2 aromatic rings. The number of sulfone groups is 1. The summed E-state index contributed by atoms with van der Waals surface area (Å²) in [4.78, 5) is 11.3. The van der Waals surface area contributed by atoms with Crippen LogP contribution in [0.3, 0.4) is 0 Å². The average molecular weight is 290 g/mol. The first-order chi connectivity index (χ1) is 9.42. The second kappa shape index (κ2) is 5.46. The van der Waals surface area contributed by atoms with E-state index in [1.807, 2.05) is 0 Å². The molecule has 2 rings (SSSR count). The maximum Gasteiger partial charge on any atom is 0.335 e. The quantitative estimate of drug-likeness (QED) is 0.939. The van der Waals surface area contributed by atoms with Crippen molar-refractivity contribution < 1.29 is 18.3 Å². The van der Waals surface area contributed by atoms with Gasteiger partial charge in [0.1, 0.15) is 0 Å². The number of aromatic carboxylic acids is 1. The largest absolute Gasteiger partial charge is 0.478 e. The summed E-state index contributed by atoms with van der Waals surface area (Å²) in [5, 5.41) is 9.06. The van der Waals surface area contributed by atoms with Crippen LogP contribution in [0, 0.1) is 6.92 Å². The molecule has 0 atom stereocenters. The van der Waals surface area contributed by atoms with E-state index in [2.05, 4.69) is 0 Å². The Balaban J connectivity index is 2.41. The van der Waals surface area contributed by atoms with Crippen molar-refractivity contribution in [2.75, 3.05) is 0 Å². The van der Waals surface area contributed by atoms with Crippen LogP contribution < -0.4 is 0 Å². The first-order valence-electron chi connectivity index (χ1n) is 6.01. The average Bonchev–Trinajstić information content (AvgIpc) is 2.41. The number of carboxylic acids is 1. The molecule has 2 aromatic carbocycles. The molecule has 104 valence electrons. The number of hydrogen-bond acceptors (Lipinski definition) is 3. The van der Waals surface area contributed by atoms with Crippen molar-refractivity contribution in [3.63, 3.8) is 0 Å². The van der Waals surface area contributed by atoms with Crippen LogP contribution >= 0.6 is 0 Å². The molecular weight excluding hydrogens is 276 g/mol. The molecule has 0 aromatic heterocycles. The van der Waals surface area contributed by atoms with E-state index in [4.69, 9.17) is 5.11 Å². The van der Waals surface area contributed by atoms with Crippen molar-refractivity contribution in [2.45, 2.75) is 17.6 Å². The maximum absolute atomic E-state index is 12.3. The zero-order valence-electron chi connectivity index (χ0n) is 10.9. The van der Waals surface area contributed by atoms with Gasteiger partial charge >= 0.3 is 5.97 Å². The predicted molar refractivity (Wildman–Crippen MR) is 75.5 cm³/mol. The highest BCUT2D eigenvalue weighted by Gasteiger charge is 2.18. The highest BCUT2D eigenvalue weighted by molar-refractivity contribution is 7.90. The Bertz CT molecular complexity index is 734. The molecular formula is C15H14O4S. The molecule has 1 N–H and O–H groups in total. The van der Waals surface area contributed by atoms with Crippen LogP contribution in [0.15, 0.2) is 53.4 Å². The van der Waals surface area contributed by atoms with Gasteiger partial charge in [0.2, 0.25) is 0 Å². The third-order valence-electron chi connectivity index (χ3n) is 3.12. The lowest BCUT2D eigenvalue weighted by atomic mass is 10.0. The monoisotopic (exact) mass is 290 g/mol. The van der Waals surface area contributed by atoms with E-state index in [1.165, 1.54) is 18.2 Å². The number of carboxylic acid groups (broad SMARTS) is 1. The molecule has 0 heterocycles. The number of benzene rings is 2. The lowest BCUT2D eigenvalue weighted by Gasteiger charge is -2.09. The lowest BCUT2D eigenvalue weighted by Crippen LogP contribution is -2.08. The smallest absolute Gasteiger partial charge is 0.335 e. The van der Waals surface area contributed by atoms with Crippen molar-refractivity contribution in [2.24, 2.45) is 0 Å². The lowest BCUT2D eigenvalue weighted by molar-refractivity contribution is 0.0696. The minimum absolute atomic E-state index is 0.130. The van der Waals surface area contributed by atoms with Crippen LogP contribution in [-0.4, -0.2) is 19.5 Å². The fourth-order valence-corrected chi connectivity index (χ4v) is 3.45. The topological polar surface area (TPSA) is 71.4 Å².